The monoisotopic (exact) mass is 495 g/mol. The van der Waals surface area contributed by atoms with Gasteiger partial charge >= 0.3 is 12.4 Å². The minimum absolute atomic E-state index is 0.0183. The number of guanidine groups is 1. The van der Waals surface area contributed by atoms with Gasteiger partial charge < -0.3 is 22.1 Å². The third-order valence-corrected chi connectivity index (χ3v) is 5.59. The molecule has 2 amide bonds. The SMILES string of the molecule is NC(N)=NCCCCNC(=O)C1(C(=O)NCc2cc(C(F)(F)F)cc(C(F)(F)F)c2)CCCC1. The van der Waals surface area contributed by atoms with Gasteiger partial charge in [0.15, 0.2) is 5.96 Å². The third kappa shape index (κ3) is 7.26. The minimum atomic E-state index is -4.99. The van der Waals surface area contributed by atoms with E-state index in [1.54, 1.807) is 0 Å². The molecule has 7 nitrogen and oxygen atoms in total. The van der Waals surface area contributed by atoms with E-state index in [1.165, 1.54) is 0 Å². The highest BCUT2D eigenvalue weighted by atomic mass is 19.4. The Bertz CT molecular complexity index is 872. The number of rotatable bonds is 9. The van der Waals surface area contributed by atoms with Crippen molar-refractivity contribution >= 4 is 17.8 Å². The number of hydrogen-bond donors (Lipinski definition) is 4. The Balaban J connectivity index is 2.07. The number of carbonyl (C=O) groups is 2. The predicted molar refractivity (Wildman–Crippen MR) is 112 cm³/mol. The molecule has 190 valence electrons. The Kier molecular flexibility index (Phi) is 8.78. The lowest BCUT2D eigenvalue weighted by Crippen LogP contribution is -2.50. The molecule has 1 aliphatic rings. The van der Waals surface area contributed by atoms with E-state index in [-0.39, 0.29) is 37.0 Å². The fourth-order valence-electron chi connectivity index (χ4n) is 3.82. The van der Waals surface area contributed by atoms with Crippen molar-refractivity contribution in [3.8, 4) is 0 Å². The van der Waals surface area contributed by atoms with Crippen LogP contribution in [0.15, 0.2) is 23.2 Å². The van der Waals surface area contributed by atoms with E-state index in [2.05, 4.69) is 15.6 Å². The summed E-state index contributed by atoms with van der Waals surface area (Å²) >= 11 is 0. The number of hydrogen-bond acceptors (Lipinski definition) is 3. The fraction of sp³-hybridized carbons (Fsp3) is 0.571. The molecule has 0 aromatic heterocycles. The van der Waals surface area contributed by atoms with E-state index in [4.69, 9.17) is 11.5 Å². The van der Waals surface area contributed by atoms with Crippen LogP contribution in [0.2, 0.25) is 0 Å². The van der Waals surface area contributed by atoms with Crippen LogP contribution in [0.25, 0.3) is 0 Å². The molecule has 0 atom stereocenters. The highest BCUT2D eigenvalue weighted by molar-refractivity contribution is 6.05. The second kappa shape index (κ2) is 11.0. The van der Waals surface area contributed by atoms with Gasteiger partial charge in [0, 0.05) is 19.6 Å². The molecular weight excluding hydrogens is 468 g/mol. The molecule has 1 saturated carbocycles. The average molecular weight is 495 g/mol. The second-order valence-electron chi connectivity index (χ2n) is 8.16. The van der Waals surface area contributed by atoms with Crippen molar-refractivity contribution in [2.75, 3.05) is 13.1 Å². The number of nitrogens with two attached hydrogens (primary N) is 2. The Morgan fingerprint density at radius 1 is 0.882 bits per heavy atom. The van der Waals surface area contributed by atoms with Crippen molar-refractivity contribution in [3.05, 3.63) is 34.9 Å². The van der Waals surface area contributed by atoms with Crippen LogP contribution in [0.5, 0.6) is 0 Å². The highest BCUT2D eigenvalue weighted by Gasteiger charge is 2.47. The lowest BCUT2D eigenvalue weighted by molar-refractivity contribution is -0.144. The van der Waals surface area contributed by atoms with Crippen molar-refractivity contribution < 1.29 is 35.9 Å². The minimum Gasteiger partial charge on any atom is -0.370 e. The lowest BCUT2D eigenvalue weighted by Gasteiger charge is -2.26. The van der Waals surface area contributed by atoms with Crippen LogP contribution >= 0.6 is 0 Å². The molecule has 0 aliphatic heterocycles. The number of aliphatic imine (C=N–C) groups is 1. The van der Waals surface area contributed by atoms with Gasteiger partial charge in [-0.15, -0.1) is 0 Å². The van der Waals surface area contributed by atoms with E-state index in [0.717, 1.165) is 0 Å². The van der Waals surface area contributed by atoms with Crippen LogP contribution in [0.1, 0.15) is 55.2 Å². The second-order valence-corrected chi connectivity index (χ2v) is 8.16. The van der Waals surface area contributed by atoms with Crippen molar-refractivity contribution in [1.29, 1.82) is 0 Å². The molecule has 2 rings (SSSR count). The number of amides is 2. The topological polar surface area (TPSA) is 123 Å². The first kappa shape index (κ1) is 27.3. The maximum atomic E-state index is 13.1. The van der Waals surface area contributed by atoms with Gasteiger partial charge in [-0.2, -0.15) is 26.3 Å². The molecule has 13 heteroatoms. The summed E-state index contributed by atoms with van der Waals surface area (Å²) in [6.07, 6.45) is -7.20. The predicted octanol–water partition coefficient (Wildman–Crippen LogP) is 3.07. The third-order valence-electron chi connectivity index (χ3n) is 5.59. The van der Waals surface area contributed by atoms with E-state index in [9.17, 15) is 35.9 Å². The molecule has 0 spiro atoms. The molecule has 0 unspecified atom stereocenters. The molecule has 1 aliphatic carbocycles. The zero-order valence-electron chi connectivity index (χ0n) is 18.3. The lowest BCUT2D eigenvalue weighted by atomic mass is 9.83. The van der Waals surface area contributed by atoms with Crippen molar-refractivity contribution in [2.45, 2.75) is 57.4 Å². The van der Waals surface area contributed by atoms with E-state index in [0.29, 0.717) is 44.4 Å². The Morgan fingerprint density at radius 2 is 1.41 bits per heavy atom. The van der Waals surface area contributed by atoms with Crippen LogP contribution in [0.4, 0.5) is 26.3 Å². The average Bonchev–Trinajstić information content (AvgIpc) is 3.24. The molecule has 1 aromatic rings. The van der Waals surface area contributed by atoms with Crippen LogP contribution in [-0.4, -0.2) is 30.9 Å². The Morgan fingerprint density at radius 3 is 1.91 bits per heavy atom. The number of benzene rings is 1. The number of halogens is 6. The van der Waals surface area contributed by atoms with Crippen molar-refractivity contribution in [1.82, 2.24) is 10.6 Å². The molecule has 34 heavy (non-hydrogen) atoms. The van der Waals surface area contributed by atoms with E-state index >= 15 is 0 Å². The van der Waals surface area contributed by atoms with Crippen LogP contribution < -0.4 is 22.1 Å². The summed E-state index contributed by atoms with van der Waals surface area (Å²) in [4.78, 5) is 29.5. The maximum absolute atomic E-state index is 13.1. The van der Waals surface area contributed by atoms with Crippen molar-refractivity contribution in [3.63, 3.8) is 0 Å². The maximum Gasteiger partial charge on any atom is 0.416 e. The first-order chi connectivity index (χ1) is 15.8. The van der Waals surface area contributed by atoms with Crippen LogP contribution in [0.3, 0.4) is 0 Å². The largest absolute Gasteiger partial charge is 0.416 e. The van der Waals surface area contributed by atoms with Gasteiger partial charge in [-0.1, -0.05) is 12.8 Å². The molecule has 6 N–H and O–H groups in total. The molecule has 1 aromatic carbocycles. The summed E-state index contributed by atoms with van der Waals surface area (Å²) in [5.41, 5.74) is 5.70. The number of alkyl halides is 6. The number of carbonyl (C=O) groups excluding carboxylic acids is 2. The van der Waals surface area contributed by atoms with Gasteiger partial charge in [-0.05, 0) is 49.4 Å². The zero-order valence-corrected chi connectivity index (χ0v) is 18.3. The number of nitrogens with one attached hydrogen (secondary N) is 2. The first-order valence-electron chi connectivity index (χ1n) is 10.7. The van der Waals surface area contributed by atoms with E-state index in [1.807, 2.05) is 0 Å². The van der Waals surface area contributed by atoms with Gasteiger partial charge in [0.1, 0.15) is 5.41 Å². The first-order valence-corrected chi connectivity index (χ1v) is 10.7. The highest BCUT2D eigenvalue weighted by Crippen LogP contribution is 2.39. The summed E-state index contributed by atoms with van der Waals surface area (Å²) in [5.74, 6) is -1.30. The summed E-state index contributed by atoms with van der Waals surface area (Å²) < 4.78 is 78.3. The molecule has 0 saturated heterocycles. The summed E-state index contributed by atoms with van der Waals surface area (Å²) in [7, 11) is 0. The van der Waals surface area contributed by atoms with Gasteiger partial charge in [-0.25, -0.2) is 0 Å². The van der Waals surface area contributed by atoms with Crippen LogP contribution in [0, 0.1) is 5.41 Å². The zero-order chi connectivity index (χ0) is 25.6. The van der Waals surface area contributed by atoms with Crippen LogP contribution in [-0.2, 0) is 28.5 Å². The van der Waals surface area contributed by atoms with Gasteiger partial charge in [0.25, 0.3) is 0 Å². The number of nitrogens with zero attached hydrogens (tertiary/aromatic N) is 1. The molecule has 0 radical (unpaired) electrons. The summed E-state index contributed by atoms with van der Waals surface area (Å²) in [6.45, 7) is 0.0521. The van der Waals surface area contributed by atoms with Gasteiger partial charge in [0.2, 0.25) is 11.8 Å². The molecular formula is C21H27F6N5O2. The number of unbranched alkanes of at least 4 members (excludes halogenated alkanes) is 1. The normalized spacial score (nSPS) is 15.6. The van der Waals surface area contributed by atoms with Gasteiger partial charge in [-0.3, -0.25) is 14.6 Å². The Labute approximate surface area is 192 Å². The smallest absolute Gasteiger partial charge is 0.370 e. The van der Waals surface area contributed by atoms with Crippen molar-refractivity contribution in [2.24, 2.45) is 21.9 Å². The standard InChI is InChI=1S/C21H27F6N5O2/c22-20(23,24)14-9-13(10-15(11-14)21(25,26)27)12-32-17(34)19(5-1-2-6-19)16(33)30-7-3-4-8-31-18(28)29/h9-11H,1-8,12H2,(H,30,33)(H,32,34)(H4,28,29,31). The fourth-order valence-corrected chi connectivity index (χ4v) is 3.82. The summed E-state index contributed by atoms with van der Waals surface area (Å²) in [5, 5.41) is 5.05. The van der Waals surface area contributed by atoms with Gasteiger partial charge in [0.05, 0.1) is 11.1 Å². The molecule has 0 heterocycles. The summed E-state index contributed by atoms with van der Waals surface area (Å²) in [6, 6.07) is 1.12. The molecule has 1 fully saturated rings. The Hall–Kier alpha value is -2.99. The van der Waals surface area contributed by atoms with E-state index < -0.39 is 47.3 Å². The molecule has 0 bridgehead atoms. The quantitative estimate of drug-likeness (QED) is 0.138.